The lowest BCUT2D eigenvalue weighted by Gasteiger charge is -2.35. The van der Waals surface area contributed by atoms with E-state index in [2.05, 4.69) is 10.6 Å². The summed E-state index contributed by atoms with van der Waals surface area (Å²) in [5.41, 5.74) is -0.500. The Hall–Kier alpha value is -3.85. The highest BCUT2D eigenvalue weighted by Gasteiger charge is 2.35. The van der Waals surface area contributed by atoms with Gasteiger partial charge in [0, 0.05) is 12.6 Å². The average molecular weight is 505 g/mol. The Morgan fingerprint density at radius 3 is 2.57 bits per heavy atom. The zero-order valence-corrected chi connectivity index (χ0v) is 20.2. The monoisotopic (exact) mass is 504 g/mol. The van der Waals surface area contributed by atoms with Gasteiger partial charge in [-0.05, 0) is 56.3 Å². The molecule has 2 aromatic rings. The Balaban J connectivity index is 1.91. The number of hydrogen-bond acceptors (Lipinski definition) is 7. The summed E-state index contributed by atoms with van der Waals surface area (Å²) in [5, 5.41) is 14.2. The van der Waals surface area contributed by atoms with Crippen molar-refractivity contribution in [3.05, 3.63) is 48.3 Å². The largest absolute Gasteiger partial charge is 0.484 e. The number of sulfonamides is 1. The highest BCUT2D eigenvalue weighted by molar-refractivity contribution is 7.92. The fraction of sp³-hybridized carbons (Fsp3) is 0.348. The topological polar surface area (TPSA) is 138 Å². The van der Waals surface area contributed by atoms with E-state index in [1.165, 1.54) is 25.1 Å². The third kappa shape index (κ3) is 6.39. The van der Waals surface area contributed by atoms with Crippen LogP contribution in [0.4, 0.5) is 20.6 Å². The number of nitrogens with one attached hydrogen (secondary N) is 2. The summed E-state index contributed by atoms with van der Waals surface area (Å²) in [4.78, 5) is 23.4. The second-order valence-electron chi connectivity index (χ2n) is 8.55. The number of anilines is 2. The maximum atomic E-state index is 13.4. The average Bonchev–Trinajstić information content (AvgIpc) is 2.81. The summed E-state index contributed by atoms with van der Waals surface area (Å²) >= 11 is 0. The van der Waals surface area contributed by atoms with Gasteiger partial charge >= 0.3 is 6.09 Å². The van der Waals surface area contributed by atoms with E-state index in [1.807, 2.05) is 6.07 Å². The van der Waals surface area contributed by atoms with Crippen LogP contribution >= 0.6 is 0 Å². The predicted molar refractivity (Wildman–Crippen MR) is 125 cm³/mol. The minimum absolute atomic E-state index is 0.0607. The van der Waals surface area contributed by atoms with Gasteiger partial charge in [0.2, 0.25) is 5.91 Å². The molecule has 2 amide bonds. The molecule has 1 heterocycles. The van der Waals surface area contributed by atoms with Gasteiger partial charge in [-0.1, -0.05) is 0 Å². The normalized spacial score (nSPS) is 15.3. The Kier molecular flexibility index (Phi) is 7.50. The number of nitrogens with zero attached hydrogens (tertiary/aromatic N) is 2. The maximum Gasteiger partial charge on any atom is 0.411 e. The molecular formula is C23H25FN4O6S. The van der Waals surface area contributed by atoms with E-state index >= 15 is 0 Å². The summed E-state index contributed by atoms with van der Waals surface area (Å²) in [6.45, 7) is 4.35. The third-order valence-electron chi connectivity index (χ3n) is 4.98. The summed E-state index contributed by atoms with van der Waals surface area (Å²) in [7, 11) is -4.15. The molecule has 186 valence electrons. The van der Waals surface area contributed by atoms with E-state index in [9.17, 15) is 22.4 Å². The van der Waals surface area contributed by atoms with E-state index < -0.39 is 33.5 Å². The number of benzene rings is 2. The molecule has 0 fully saturated rings. The highest BCUT2D eigenvalue weighted by atomic mass is 32.2. The summed E-state index contributed by atoms with van der Waals surface area (Å²) in [6, 6.07) is 10.8. The first-order valence-corrected chi connectivity index (χ1v) is 12.0. The number of carbonyl (C=O) groups excluding carboxylic acids is 2. The summed E-state index contributed by atoms with van der Waals surface area (Å²) < 4.78 is 52.3. The third-order valence-corrected chi connectivity index (χ3v) is 6.78. The molecule has 3 rings (SSSR count). The zero-order valence-electron chi connectivity index (χ0n) is 19.4. The molecule has 0 saturated heterocycles. The minimum atomic E-state index is -4.15. The molecule has 1 aliphatic heterocycles. The van der Waals surface area contributed by atoms with Crippen molar-refractivity contribution in [2.24, 2.45) is 5.41 Å². The van der Waals surface area contributed by atoms with E-state index in [0.29, 0.717) is 0 Å². The molecule has 35 heavy (non-hydrogen) atoms. The van der Waals surface area contributed by atoms with Gasteiger partial charge in [0.25, 0.3) is 10.0 Å². The van der Waals surface area contributed by atoms with Crippen LogP contribution in [0.3, 0.4) is 0 Å². The van der Waals surface area contributed by atoms with Crippen molar-refractivity contribution in [1.29, 1.82) is 5.26 Å². The fourth-order valence-corrected chi connectivity index (χ4v) is 4.65. The van der Waals surface area contributed by atoms with E-state index in [0.717, 1.165) is 28.6 Å². The van der Waals surface area contributed by atoms with Crippen LogP contribution in [0.15, 0.2) is 47.4 Å². The van der Waals surface area contributed by atoms with Crippen LogP contribution < -0.4 is 19.7 Å². The van der Waals surface area contributed by atoms with Crippen molar-refractivity contribution >= 4 is 33.4 Å². The number of carbonyl (C=O) groups is 2. The van der Waals surface area contributed by atoms with E-state index in [1.54, 1.807) is 13.8 Å². The SMILES string of the molecule is CC(=O)NCC1CN(S(=O)(=O)c2ccc(F)cc2)c2cc(NC(=O)OCC(C)(C)C#N)ccc2O1. The van der Waals surface area contributed by atoms with Crippen molar-refractivity contribution in [2.75, 3.05) is 29.3 Å². The van der Waals surface area contributed by atoms with Crippen LogP contribution in [-0.4, -0.2) is 46.2 Å². The van der Waals surface area contributed by atoms with Crippen LogP contribution in [0.2, 0.25) is 0 Å². The number of nitriles is 1. The fourth-order valence-electron chi connectivity index (χ4n) is 3.15. The Labute approximate surface area is 202 Å². The minimum Gasteiger partial charge on any atom is -0.484 e. The number of fused-ring (bicyclic) bond motifs is 1. The Morgan fingerprint density at radius 1 is 1.26 bits per heavy atom. The summed E-state index contributed by atoms with van der Waals surface area (Å²) in [5.74, 6) is -0.675. The van der Waals surface area contributed by atoms with E-state index in [-0.39, 0.29) is 47.6 Å². The van der Waals surface area contributed by atoms with Gasteiger partial charge in [0.1, 0.15) is 24.3 Å². The molecule has 12 heteroatoms. The lowest BCUT2D eigenvalue weighted by atomic mass is 9.98. The lowest BCUT2D eigenvalue weighted by molar-refractivity contribution is -0.119. The van der Waals surface area contributed by atoms with Gasteiger partial charge in [-0.3, -0.25) is 14.4 Å². The molecule has 10 nitrogen and oxygen atoms in total. The first kappa shape index (κ1) is 25.8. The Morgan fingerprint density at radius 2 is 1.94 bits per heavy atom. The van der Waals surface area contributed by atoms with Crippen molar-refractivity contribution in [3.63, 3.8) is 0 Å². The number of amides is 2. The van der Waals surface area contributed by atoms with Crippen LogP contribution in [0.5, 0.6) is 5.75 Å². The molecule has 1 atom stereocenters. The smallest absolute Gasteiger partial charge is 0.411 e. The molecule has 2 aromatic carbocycles. The van der Waals surface area contributed by atoms with Gasteiger partial charge in [-0.15, -0.1) is 0 Å². The number of hydrogen-bond donors (Lipinski definition) is 2. The first-order chi connectivity index (χ1) is 16.4. The van der Waals surface area contributed by atoms with Gasteiger partial charge < -0.3 is 14.8 Å². The molecule has 0 spiro atoms. The number of rotatable bonds is 7. The predicted octanol–water partition coefficient (Wildman–Crippen LogP) is 3.02. The van der Waals surface area contributed by atoms with Crippen LogP contribution in [0, 0.1) is 22.6 Å². The molecule has 0 saturated carbocycles. The molecule has 0 bridgehead atoms. The van der Waals surface area contributed by atoms with Gasteiger partial charge in [-0.25, -0.2) is 17.6 Å². The highest BCUT2D eigenvalue weighted by Crippen LogP contribution is 2.39. The van der Waals surface area contributed by atoms with Gasteiger partial charge in [0.05, 0.1) is 35.2 Å². The van der Waals surface area contributed by atoms with E-state index in [4.69, 9.17) is 14.7 Å². The van der Waals surface area contributed by atoms with Gasteiger partial charge in [0.15, 0.2) is 0 Å². The van der Waals surface area contributed by atoms with Crippen molar-refractivity contribution < 1.29 is 31.9 Å². The first-order valence-electron chi connectivity index (χ1n) is 10.6. The molecule has 0 radical (unpaired) electrons. The van der Waals surface area contributed by atoms with Crippen molar-refractivity contribution in [2.45, 2.75) is 31.8 Å². The molecular weight excluding hydrogens is 479 g/mol. The van der Waals surface area contributed by atoms with Crippen LogP contribution in [0.25, 0.3) is 0 Å². The molecule has 0 aromatic heterocycles. The quantitative estimate of drug-likeness (QED) is 0.591. The molecule has 0 aliphatic carbocycles. The molecule has 2 N–H and O–H groups in total. The standard InChI is InChI=1S/C23H25FN4O6S/c1-15(29)26-11-18-12-28(35(31,32)19-7-4-16(24)5-8-19)20-10-17(6-9-21(20)34-18)27-22(30)33-14-23(2,3)13-25/h4-10,18H,11-12,14H2,1-3H3,(H,26,29)(H,27,30). The second kappa shape index (κ2) is 10.2. The Bertz CT molecular complexity index is 1260. The van der Waals surface area contributed by atoms with Crippen LogP contribution in [0.1, 0.15) is 20.8 Å². The summed E-state index contributed by atoms with van der Waals surface area (Å²) in [6.07, 6.45) is -1.51. The lowest BCUT2D eigenvalue weighted by Crippen LogP contribution is -2.48. The molecule has 1 aliphatic rings. The zero-order chi connectivity index (χ0) is 25.8. The van der Waals surface area contributed by atoms with Crippen LogP contribution in [-0.2, 0) is 19.6 Å². The van der Waals surface area contributed by atoms with Gasteiger partial charge in [-0.2, -0.15) is 5.26 Å². The number of ether oxygens (including phenoxy) is 2. The second-order valence-corrected chi connectivity index (χ2v) is 10.4. The number of halogens is 1. The van der Waals surface area contributed by atoms with Crippen molar-refractivity contribution in [3.8, 4) is 11.8 Å². The molecule has 1 unspecified atom stereocenters. The van der Waals surface area contributed by atoms with Crippen molar-refractivity contribution in [1.82, 2.24) is 5.32 Å². The maximum absolute atomic E-state index is 13.4.